The van der Waals surface area contributed by atoms with Crippen molar-refractivity contribution >= 4 is 28.4 Å². The average molecular weight is 331 g/mol. The highest BCUT2D eigenvalue weighted by Gasteiger charge is 2.15. The maximum Gasteiger partial charge on any atom is 0.338 e. The summed E-state index contributed by atoms with van der Waals surface area (Å²) in [4.78, 5) is 10.9. The van der Waals surface area contributed by atoms with Gasteiger partial charge in [0.15, 0.2) is 0 Å². The van der Waals surface area contributed by atoms with Crippen LogP contribution < -0.4 is 0 Å². The first kappa shape index (κ1) is 15.6. The van der Waals surface area contributed by atoms with Gasteiger partial charge in [-0.25, -0.2) is 13.6 Å². The summed E-state index contributed by atoms with van der Waals surface area (Å²) in [6, 6.07) is 7.09. The standard InChI is InChI=1S/C14H9ClF2O3S/c15-9-2-1-8(13(17)5-9)7-21(20)10-3-4-12(16)11(6-10)14(18)19/h1-6H,7H2,(H,18,19). The van der Waals surface area contributed by atoms with E-state index in [1.54, 1.807) is 0 Å². The van der Waals surface area contributed by atoms with Crippen LogP contribution in [-0.4, -0.2) is 15.3 Å². The number of halogens is 3. The molecule has 1 atom stereocenters. The smallest absolute Gasteiger partial charge is 0.338 e. The topological polar surface area (TPSA) is 54.4 Å². The Kier molecular flexibility index (Phi) is 4.69. The summed E-state index contributed by atoms with van der Waals surface area (Å²) in [5.74, 6) is -3.13. The molecule has 0 bridgehead atoms. The second kappa shape index (κ2) is 6.32. The van der Waals surface area contributed by atoms with Crippen LogP contribution in [0.4, 0.5) is 8.78 Å². The highest BCUT2D eigenvalue weighted by Crippen LogP contribution is 2.20. The van der Waals surface area contributed by atoms with E-state index in [1.165, 1.54) is 18.2 Å². The van der Waals surface area contributed by atoms with Gasteiger partial charge in [0.1, 0.15) is 11.6 Å². The van der Waals surface area contributed by atoms with Gasteiger partial charge in [-0.05, 0) is 30.3 Å². The fourth-order valence-electron chi connectivity index (χ4n) is 1.67. The number of hydrogen-bond acceptors (Lipinski definition) is 2. The largest absolute Gasteiger partial charge is 0.478 e. The summed E-state index contributed by atoms with van der Waals surface area (Å²) in [7, 11) is -1.70. The van der Waals surface area contributed by atoms with Crippen molar-refractivity contribution in [3.63, 3.8) is 0 Å². The first-order chi connectivity index (χ1) is 9.88. The summed E-state index contributed by atoms with van der Waals surface area (Å²) in [5, 5.41) is 9.04. The summed E-state index contributed by atoms with van der Waals surface area (Å²) in [6.45, 7) is 0. The molecule has 0 heterocycles. The summed E-state index contributed by atoms with van der Waals surface area (Å²) in [5.41, 5.74) is -0.392. The van der Waals surface area contributed by atoms with E-state index in [4.69, 9.17) is 16.7 Å². The molecule has 1 unspecified atom stereocenters. The molecule has 110 valence electrons. The number of carbonyl (C=O) groups is 1. The van der Waals surface area contributed by atoms with Crippen molar-refractivity contribution in [3.8, 4) is 0 Å². The summed E-state index contributed by atoms with van der Waals surface area (Å²) in [6.07, 6.45) is 0. The Balaban J connectivity index is 2.28. The molecule has 0 radical (unpaired) electrons. The number of hydrogen-bond donors (Lipinski definition) is 1. The number of rotatable bonds is 4. The van der Waals surface area contributed by atoms with Gasteiger partial charge in [-0.3, -0.25) is 4.21 Å². The van der Waals surface area contributed by atoms with E-state index in [0.717, 1.165) is 18.2 Å². The van der Waals surface area contributed by atoms with Gasteiger partial charge in [0, 0.05) is 15.5 Å². The molecule has 0 aromatic heterocycles. The van der Waals surface area contributed by atoms with Gasteiger partial charge in [0.2, 0.25) is 0 Å². The maximum atomic E-state index is 13.6. The van der Waals surface area contributed by atoms with E-state index in [-0.39, 0.29) is 21.2 Å². The molecule has 3 nitrogen and oxygen atoms in total. The van der Waals surface area contributed by atoms with Crippen LogP contribution in [0, 0.1) is 11.6 Å². The second-order valence-electron chi connectivity index (χ2n) is 4.17. The molecule has 21 heavy (non-hydrogen) atoms. The summed E-state index contributed by atoms with van der Waals surface area (Å²) >= 11 is 5.62. The van der Waals surface area contributed by atoms with Crippen LogP contribution in [0.15, 0.2) is 41.3 Å². The quantitative estimate of drug-likeness (QED) is 0.931. The van der Waals surface area contributed by atoms with Crippen LogP contribution in [0.3, 0.4) is 0 Å². The number of benzene rings is 2. The monoisotopic (exact) mass is 330 g/mol. The molecule has 0 spiro atoms. The highest BCUT2D eigenvalue weighted by molar-refractivity contribution is 7.84. The molecule has 1 N–H and O–H groups in total. The third-order valence-electron chi connectivity index (χ3n) is 2.73. The van der Waals surface area contributed by atoms with Gasteiger partial charge in [-0.1, -0.05) is 17.7 Å². The fourth-order valence-corrected chi connectivity index (χ4v) is 2.98. The van der Waals surface area contributed by atoms with Gasteiger partial charge in [-0.2, -0.15) is 0 Å². The van der Waals surface area contributed by atoms with E-state index < -0.39 is 34.0 Å². The molecule has 0 aliphatic heterocycles. The van der Waals surface area contributed by atoms with Gasteiger partial charge < -0.3 is 5.11 Å². The third-order valence-corrected chi connectivity index (χ3v) is 4.32. The molecule has 0 saturated carbocycles. The lowest BCUT2D eigenvalue weighted by atomic mass is 10.2. The predicted molar refractivity (Wildman–Crippen MR) is 74.9 cm³/mol. The Morgan fingerprint density at radius 1 is 1.14 bits per heavy atom. The zero-order valence-corrected chi connectivity index (χ0v) is 12.0. The average Bonchev–Trinajstić information content (AvgIpc) is 2.42. The van der Waals surface area contributed by atoms with E-state index in [1.807, 2.05) is 0 Å². The van der Waals surface area contributed by atoms with E-state index in [9.17, 15) is 17.8 Å². The molecule has 2 rings (SSSR count). The van der Waals surface area contributed by atoms with Crippen LogP contribution in [-0.2, 0) is 16.6 Å². The molecule has 2 aromatic carbocycles. The molecule has 0 aliphatic rings. The van der Waals surface area contributed by atoms with E-state index in [2.05, 4.69) is 0 Å². The van der Waals surface area contributed by atoms with Gasteiger partial charge in [-0.15, -0.1) is 0 Å². The van der Waals surface area contributed by atoms with Crippen LogP contribution in [0.2, 0.25) is 5.02 Å². The van der Waals surface area contributed by atoms with Gasteiger partial charge in [0.05, 0.1) is 22.1 Å². The maximum absolute atomic E-state index is 13.6. The molecule has 0 fully saturated rings. The van der Waals surface area contributed by atoms with Crippen molar-refractivity contribution in [2.45, 2.75) is 10.6 Å². The Bertz CT molecular complexity index is 734. The first-order valence-corrected chi connectivity index (χ1v) is 7.43. The molecule has 0 amide bonds. The van der Waals surface area contributed by atoms with Crippen molar-refractivity contribution < 1.29 is 22.9 Å². The zero-order chi connectivity index (χ0) is 15.6. The molecular weight excluding hydrogens is 322 g/mol. The van der Waals surface area contributed by atoms with E-state index >= 15 is 0 Å². The lowest BCUT2D eigenvalue weighted by Gasteiger charge is -2.06. The van der Waals surface area contributed by atoms with Gasteiger partial charge in [0.25, 0.3) is 0 Å². The SMILES string of the molecule is O=C(O)c1cc(S(=O)Cc2ccc(Cl)cc2F)ccc1F. The predicted octanol–water partition coefficient (Wildman–Crippen LogP) is 3.62. The first-order valence-electron chi connectivity index (χ1n) is 5.73. The minimum Gasteiger partial charge on any atom is -0.478 e. The lowest BCUT2D eigenvalue weighted by Crippen LogP contribution is -2.04. The highest BCUT2D eigenvalue weighted by atomic mass is 35.5. The zero-order valence-electron chi connectivity index (χ0n) is 10.5. The molecule has 7 heteroatoms. The Morgan fingerprint density at radius 2 is 1.86 bits per heavy atom. The molecule has 0 aliphatic carbocycles. The van der Waals surface area contributed by atoms with Crippen LogP contribution >= 0.6 is 11.6 Å². The van der Waals surface area contributed by atoms with Gasteiger partial charge >= 0.3 is 5.97 Å². The Morgan fingerprint density at radius 3 is 2.48 bits per heavy atom. The van der Waals surface area contributed by atoms with Crippen molar-refractivity contribution in [1.82, 2.24) is 0 Å². The number of aromatic carboxylic acids is 1. The molecule has 2 aromatic rings. The van der Waals surface area contributed by atoms with Crippen LogP contribution in [0.5, 0.6) is 0 Å². The Hall–Kier alpha value is -1.79. The van der Waals surface area contributed by atoms with Crippen molar-refractivity contribution in [2.24, 2.45) is 0 Å². The van der Waals surface area contributed by atoms with Crippen molar-refractivity contribution in [1.29, 1.82) is 0 Å². The van der Waals surface area contributed by atoms with Crippen LogP contribution in [0.25, 0.3) is 0 Å². The minimum absolute atomic E-state index is 0.114. The molecular formula is C14H9ClF2O3S. The fraction of sp³-hybridized carbons (Fsp3) is 0.0714. The number of carboxylic acids is 1. The minimum atomic E-state index is -1.70. The second-order valence-corrected chi connectivity index (χ2v) is 6.06. The van der Waals surface area contributed by atoms with E-state index in [0.29, 0.717) is 0 Å². The van der Waals surface area contributed by atoms with Crippen molar-refractivity contribution in [2.75, 3.05) is 0 Å². The van der Waals surface area contributed by atoms with Crippen LogP contribution in [0.1, 0.15) is 15.9 Å². The Labute approximate surface area is 126 Å². The third kappa shape index (κ3) is 3.65. The molecule has 0 saturated heterocycles. The lowest BCUT2D eigenvalue weighted by molar-refractivity contribution is 0.0691. The number of carboxylic acid groups (broad SMARTS) is 1. The summed E-state index contributed by atoms with van der Waals surface area (Å²) < 4.78 is 39.0. The van der Waals surface area contributed by atoms with Crippen molar-refractivity contribution in [3.05, 3.63) is 64.2 Å². The normalized spacial score (nSPS) is 12.1.